The van der Waals surface area contributed by atoms with Gasteiger partial charge in [0.2, 0.25) is 23.8 Å². The number of hydrazine groups is 1. The van der Waals surface area contributed by atoms with E-state index in [1.165, 1.54) is 0 Å². The van der Waals surface area contributed by atoms with E-state index in [-0.39, 0.29) is 5.91 Å². The molecule has 1 aromatic rings. The van der Waals surface area contributed by atoms with Crippen molar-refractivity contribution in [2.45, 2.75) is 13.3 Å². The minimum atomic E-state index is -0.435. The van der Waals surface area contributed by atoms with E-state index in [4.69, 9.17) is 5.84 Å². The number of nitrogens with one attached hydrogen (secondary N) is 2. The van der Waals surface area contributed by atoms with E-state index in [9.17, 15) is 4.79 Å². The van der Waals surface area contributed by atoms with Gasteiger partial charge in [-0.1, -0.05) is 0 Å². The molecule has 0 aromatic carbocycles. The third kappa shape index (κ3) is 2.97. The molecular weight excluding hydrogens is 272 g/mol. The highest BCUT2D eigenvalue weighted by Gasteiger charge is 2.40. The van der Waals surface area contributed by atoms with Gasteiger partial charge in [-0.05, 0) is 13.3 Å². The van der Waals surface area contributed by atoms with Crippen LogP contribution in [0.3, 0.4) is 0 Å². The van der Waals surface area contributed by atoms with E-state index in [1.807, 2.05) is 25.9 Å². The molecule has 1 atom stereocenters. The van der Waals surface area contributed by atoms with Gasteiger partial charge in [-0.25, -0.2) is 5.84 Å². The van der Waals surface area contributed by atoms with Gasteiger partial charge in [0.25, 0.3) is 0 Å². The van der Waals surface area contributed by atoms with E-state index in [0.717, 1.165) is 6.42 Å². The molecule has 1 aliphatic rings. The zero-order chi connectivity index (χ0) is 15.6. The van der Waals surface area contributed by atoms with Crippen molar-refractivity contribution in [2.24, 2.45) is 11.3 Å². The van der Waals surface area contributed by atoms with E-state index in [2.05, 4.69) is 25.7 Å². The number of rotatable bonds is 4. The van der Waals surface area contributed by atoms with Gasteiger partial charge in [0, 0.05) is 34.2 Å². The maximum atomic E-state index is 12.0. The van der Waals surface area contributed by atoms with Crippen LogP contribution in [0, 0.1) is 5.41 Å². The second kappa shape index (κ2) is 5.68. The fraction of sp³-hybridized carbons (Fsp3) is 0.667. The van der Waals surface area contributed by atoms with Crippen LogP contribution in [0.15, 0.2) is 0 Å². The molecule has 1 amide bonds. The first kappa shape index (κ1) is 15.2. The lowest BCUT2D eigenvalue weighted by atomic mass is 9.89. The topological polar surface area (TPSA) is 112 Å². The number of carbonyl (C=O) groups excluding carboxylic acids is 1. The number of hydrogen-bond acceptors (Lipinski definition) is 8. The lowest BCUT2D eigenvalue weighted by Crippen LogP contribution is -2.39. The van der Waals surface area contributed by atoms with Crippen molar-refractivity contribution in [3.8, 4) is 0 Å². The van der Waals surface area contributed by atoms with Crippen molar-refractivity contribution in [2.75, 3.05) is 49.5 Å². The molecule has 1 unspecified atom stereocenters. The molecule has 1 aromatic heterocycles. The number of anilines is 3. The molecule has 1 aliphatic heterocycles. The number of nitrogens with zero attached hydrogens (tertiary/aromatic N) is 5. The molecule has 9 nitrogen and oxygen atoms in total. The van der Waals surface area contributed by atoms with Crippen LogP contribution in [0.1, 0.15) is 13.3 Å². The first-order chi connectivity index (χ1) is 9.89. The molecule has 0 saturated carbocycles. The molecule has 1 saturated heterocycles. The maximum Gasteiger partial charge on any atom is 0.243 e. The fourth-order valence-corrected chi connectivity index (χ4v) is 2.38. The molecule has 2 rings (SSSR count). The predicted octanol–water partition coefficient (Wildman–Crippen LogP) is -0.814. The summed E-state index contributed by atoms with van der Waals surface area (Å²) >= 11 is 0. The zero-order valence-corrected chi connectivity index (χ0v) is 12.8. The largest absolute Gasteiger partial charge is 0.359 e. The van der Waals surface area contributed by atoms with Gasteiger partial charge in [0.05, 0.1) is 5.41 Å². The molecule has 116 valence electrons. The molecular formula is C12H22N8O. The number of carbonyl (C=O) groups is 1. The monoisotopic (exact) mass is 294 g/mol. The summed E-state index contributed by atoms with van der Waals surface area (Å²) in [6, 6.07) is 0. The fourth-order valence-electron chi connectivity index (χ4n) is 2.38. The van der Waals surface area contributed by atoms with E-state index >= 15 is 0 Å². The SMILES string of the molecule is CNC(=O)C1(C)CCN(c2nc(NN)nc(N(C)C)n2)C1. The van der Waals surface area contributed by atoms with Crippen LogP contribution >= 0.6 is 0 Å². The summed E-state index contributed by atoms with van der Waals surface area (Å²) in [4.78, 5) is 28.6. The Morgan fingerprint density at radius 1 is 1.38 bits per heavy atom. The molecule has 0 bridgehead atoms. The second-order valence-corrected chi connectivity index (χ2v) is 5.61. The molecule has 9 heteroatoms. The van der Waals surface area contributed by atoms with Crippen molar-refractivity contribution in [3.05, 3.63) is 0 Å². The first-order valence-electron chi connectivity index (χ1n) is 6.77. The highest BCUT2D eigenvalue weighted by atomic mass is 16.2. The highest BCUT2D eigenvalue weighted by Crippen LogP contribution is 2.32. The Morgan fingerprint density at radius 3 is 2.67 bits per heavy atom. The van der Waals surface area contributed by atoms with Crippen LogP contribution in [-0.2, 0) is 4.79 Å². The lowest BCUT2D eigenvalue weighted by molar-refractivity contribution is -0.128. The van der Waals surface area contributed by atoms with Crippen molar-refractivity contribution in [3.63, 3.8) is 0 Å². The summed E-state index contributed by atoms with van der Waals surface area (Å²) in [5.74, 6) is 6.78. The summed E-state index contributed by atoms with van der Waals surface area (Å²) in [5, 5.41) is 2.71. The van der Waals surface area contributed by atoms with Gasteiger partial charge in [0.15, 0.2) is 0 Å². The normalized spacial score (nSPS) is 21.3. The number of aromatic nitrogens is 3. The minimum absolute atomic E-state index is 0.0315. The van der Waals surface area contributed by atoms with E-state index in [1.54, 1.807) is 11.9 Å². The molecule has 0 radical (unpaired) electrons. The van der Waals surface area contributed by atoms with Crippen molar-refractivity contribution < 1.29 is 4.79 Å². The second-order valence-electron chi connectivity index (χ2n) is 5.61. The van der Waals surface area contributed by atoms with Gasteiger partial charge >= 0.3 is 0 Å². The average Bonchev–Trinajstić information content (AvgIpc) is 2.89. The maximum absolute atomic E-state index is 12.0. The first-order valence-corrected chi connectivity index (χ1v) is 6.77. The van der Waals surface area contributed by atoms with Crippen LogP contribution in [0.2, 0.25) is 0 Å². The standard InChI is InChI=1S/C12H22N8O/c1-12(8(21)14-2)5-6-20(7-12)11-16-9(18-13)15-10(17-11)19(3)4/h5-7,13H2,1-4H3,(H,14,21)(H,15,16,17,18). The van der Waals surface area contributed by atoms with Crippen LogP contribution in [0.5, 0.6) is 0 Å². The van der Waals surface area contributed by atoms with Crippen molar-refractivity contribution >= 4 is 23.8 Å². The summed E-state index contributed by atoms with van der Waals surface area (Å²) < 4.78 is 0. The Bertz CT molecular complexity index is 534. The third-order valence-electron chi connectivity index (χ3n) is 3.67. The van der Waals surface area contributed by atoms with Crippen LogP contribution in [0.4, 0.5) is 17.8 Å². The summed E-state index contributed by atoms with van der Waals surface area (Å²) in [6.07, 6.45) is 0.751. The summed E-state index contributed by atoms with van der Waals surface area (Å²) in [5.41, 5.74) is 2.01. The number of nitrogens with two attached hydrogens (primary N) is 1. The van der Waals surface area contributed by atoms with Crippen LogP contribution in [0.25, 0.3) is 0 Å². The van der Waals surface area contributed by atoms with Gasteiger partial charge in [0.1, 0.15) is 0 Å². The number of nitrogen functional groups attached to an aromatic ring is 1. The van der Waals surface area contributed by atoms with E-state index in [0.29, 0.717) is 30.9 Å². The van der Waals surface area contributed by atoms with Gasteiger partial charge < -0.3 is 15.1 Å². The molecule has 1 fully saturated rings. The highest BCUT2D eigenvalue weighted by molar-refractivity contribution is 5.83. The molecule has 21 heavy (non-hydrogen) atoms. The predicted molar refractivity (Wildman–Crippen MR) is 81.0 cm³/mol. The Morgan fingerprint density at radius 2 is 2.10 bits per heavy atom. The van der Waals surface area contributed by atoms with E-state index < -0.39 is 5.41 Å². The quantitative estimate of drug-likeness (QED) is 0.488. The zero-order valence-electron chi connectivity index (χ0n) is 12.8. The molecule has 0 aliphatic carbocycles. The average molecular weight is 294 g/mol. The van der Waals surface area contributed by atoms with Crippen molar-refractivity contribution in [1.82, 2.24) is 20.3 Å². The molecule has 0 spiro atoms. The third-order valence-corrected chi connectivity index (χ3v) is 3.67. The van der Waals surface area contributed by atoms with Gasteiger partial charge in [-0.15, -0.1) is 0 Å². The molecule has 4 N–H and O–H groups in total. The Labute approximate surface area is 123 Å². The number of hydrogen-bond donors (Lipinski definition) is 3. The molecule has 2 heterocycles. The summed E-state index contributed by atoms with van der Waals surface area (Å²) in [6.45, 7) is 3.22. The van der Waals surface area contributed by atoms with Gasteiger partial charge in [-0.2, -0.15) is 15.0 Å². The smallest absolute Gasteiger partial charge is 0.243 e. The Kier molecular flexibility index (Phi) is 4.12. The van der Waals surface area contributed by atoms with Crippen LogP contribution in [-0.4, -0.2) is 55.1 Å². The van der Waals surface area contributed by atoms with Crippen molar-refractivity contribution in [1.29, 1.82) is 0 Å². The van der Waals surface area contributed by atoms with Gasteiger partial charge in [-0.3, -0.25) is 10.2 Å². The van der Waals surface area contributed by atoms with Crippen LogP contribution < -0.4 is 26.4 Å². The Balaban J connectivity index is 2.27. The minimum Gasteiger partial charge on any atom is -0.359 e. The lowest BCUT2D eigenvalue weighted by Gasteiger charge is -2.23. The summed E-state index contributed by atoms with van der Waals surface area (Å²) in [7, 11) is 5.34. The number of amides is 1. The Hall–Kier alpha value is -2.16.